The van der Waals surface area contributed by atoms with Crippen molar-refractivity contribution >= 4 is 0 Å². The minimum atomic E-state index is 0.765. The van der Waals surface area contributed by atoms with Gasteiger partial charge in [-0.25, -0.2) is 0 Å². The number of nitrogens with one attached hydrogen (secondary N) is 1. The van der Waals surface area contributed by atoms with Crippen molar-refractivity contribution in [1.82, 2.24) is 0 Å². The molecule has 2 rings (SSSR count). The number of piperidine rings is 1. The highest BCUT2D eigenvalue weighted by Gasteiger charge is 2.19. The van der Waals surface area contributed by atoms with Crippen LogP contribution >= 0.6 is 0 Å². The SMILES string of the molecule is COc1cc(C)ccc1OCC[NH+]1CCC[C@@H](C)C1. The van der Waals surface area contributed by atoms with Gasteiger partial charge in [0.2, 0.25) is 0 Å². The molecule has 19 heavy (non-hydrogen) atoms. The van der Waals surface area contributed by atoms with Crippen molar-refractivity contribution in [2.45, 2.75) is 26.7 Å². The maximum atomic E-state index is 5.88. The minimum absolute atomic E-state index is 0.765. The number of rotatable bonds is 5. The number of likely N-dealkylation sites (tertiary alicyclic amines) is 1. The third kappa shape index (κ3) is 4.13. The highest BCUT2D eigenvalue weighted by Crippen LogP contribution is 2.27. The number of quaternary nitrogens is 1. The molecule has 3 heteroatoms. The van der Waals surface area contributed by atoms with Gasteiger partial charge in [0.05, 0.1) is 20.2 Å². The minimum Gasteiger partial charge on any atom is -0.493 e. The van der Waals surface area contributed by atoms with E-state index in [0.717, 1.165) is 30.6 Å². The molecule has 0 aliphatic carbocycles. The third-order valence-corrected chi connectivity index (χ3v) is 3.90. The fourth-order valence-electron chi connectivity index (χ4n) is 2.82. The van der Waals surface area contributed by atoms with E-state index in [1.54, 1.807) is 12.0 Å². The van der Waals surface area contributed by atoms with Crippen molar-refractivity contribution < 1.29 is 14.4 Å². The van der Waals surface area contributed by atoms with Crippen LogP contribution in [-0.2, 0) is 0 Å². The summed E-state index contributed by atoms with van der Waals surface area (Å²) >= 11 is 0. The first-order valence-electron chi connectivity index (χ1n) is 7.30. The molecule has 0 radical (unpaired) electrons. The van der Waals surface area contributed by atoms with Crippen molar-refractivity contribution in [1.29, 1.82) is 0 Å². The summed E-state index contributed by atoms with van der Waals surface area (Å²) in [5.74, 6) is 2.55. The van der Waals surface area contributed by atoms with Crippen molar-refractivity contribution in [3.8, 4) is 11.5 Å². The highest BCUT2D eigenvalue weighted by molar-refractivity contribution is 5.42. The molecule has 3 nitrogen and oxygen atoms in total. The number of methoxy groups -OCH3 is 1. The molecular weight excluding hydrogens is 238 g/mol. The van der Waals surface area contributed by atoms with Crippen LogP contribution in [0.2, 0.25) is 0 Å². The average Bonchev–Trinajstić information content (AvgIpc) is 2.40. The van der Waals surface area contributed by atoms with Crippen molar-refractivity contribution in [3.05, 3.63) is 23.8 Å². The van der Waals surface area contributed by atoms with Gasteiger partial charge < -0.3 is 14.4 Å². The Morgan fingerprint density at radius 3 is 2.89 bits per heavy atom. The molecule has 1 aromatic rings. The van der Waals surface area contributed by atoms with Gasteiger partial charge >= 0.3 is 0 Å². The van der Waals surface area contributed by atoms with Crippen molar-refractivity contribution in [3.63, 3.8) is 0 Å². The normalized spacial score (nSPS) is 23.1. The number of ether oxygens (including phenoxy) is 2. The molecule has 0 saturated carbocycles. The Hall–Kier alpha value is -1.22. The van der Waals surface area contributed by atoms with Crippen LogP contribution in [0.1, 0.15) is 25.3 Å². The molecule has 0 aromatic heterocycles. The van der Waals surface area contributed by atoms with Gasteiger partial charge in [-0.2, -0.15) is 0 Å². The lowest BCUT2D eigenvalue weighted by atomic mass is 10.0. The largest absolute Gasteiger partial charge is 0.493 e. The van der Waals surface area contributed by atoms with E-state index in [2.05, 4.69) is 19.9 Å². The Bertz CT molecular complexity index is 406. The van der Waals surface area contributed by atoms with Crippen LogP contribution in [0.25, 0.3) is 0 Å². The second kappa shape index (κ2) is 6.80. The van der Waals surface area contributed by atoms with Gasteiger partial charge in [0, 0.05) is 5.92 Å². The molecule has 1 aliphatic heterocycles. The summed E-state index contributed by atoms with van der Waals surface area (Å²) in [6.07, 6.45) is 2.74. The second-order valence-electron chi connectivity index (χ2n) is 5.70. The number of aryl methyl sites for hydroxylation is 1. The molecule has 1 aliphatic rings. The van der Waals surface area contributed by atoms with Gasteiger partial charge in [-0.15, -0.1) is 0 Å². The lowest BCUT2D eigenvalue weighted by Crippen LogP contribution is -3.14. The van der Waals surface area contributed by atoms with Crippen LogP contribution in [0.15, 0.2) is 18.2 Å². The zero-order valence-electron chi connectivity index (χ0n) is 12.4. The van der Waals surface area contributed by atoms with E-state index in [-0.39, 0.29) is 0 Å². The molecule has 0 amide bonds. The fourth-order valence-corrected chi connectivity index (χ4v) is 2.82. The Balaban J connectivity index is 1.82. The maximum Gasteiger partial charge on any atom is 0.161 e. The molecule has 0 spiro atoms. The summed E-state index contributed by atoms with van der Waals surface area (Å²) in [6.45, 7) is 8.84. The topological polar surface area (TPSA) is 22.9 Å². The molecule has 1 aromatic carbocycles. The summed E-state index contributed by atoms with van der Waals surface area (Å²) in [7, 11) is 1.69. The quantitative estimate of drug-likeness (QED) is 0.875. The third-order valence-electron chi connectivity index (χ3n) is 3.90. The van der Waals surface area contributed by atoms with Crippen LogP contribution in [0.4, 0.5) is 0 Å². The van der Waals surface area contributed by atoms with E-state index in [9.17, 15) is 0 Å². The number of benzene rings is 1. The van der Waals surface area contributed by atoms with Crippen molar-refractivity contribution in [2.24, 2.45) is 5.92 Å². The summed E-state index contributed by atoms with van der Waals surface area (Å²) in [4.78, 5) is 1.67. The molecule has 1 N–H and O–H groups in total. The first kappa shape index (κ1) is 14.2. The zero-order valence-corrected chi connectivity index (χ0v) is 12.4. The summed E-state index contributed by atoms with van der Waals surface area (Å²) in [6, 6.07) is 6.08. The molecule has 106 valence electrons. The number of hydrogen-bond acceptors (Lipinski definition) is 2. The van der Waals surface area contributed by atoms with E-state index >= 15 is 0 Å². The van der Waals surface area contributed by atoms with Crippen LogP contribution in [0.3, 0.4) is 0 Å². The van der Waals surface area contributed by atoms with E-state index in [1.807, 2.05) is 12.1 Å². The molecule has 1 heterocycles. The van der Waals surface area contributed by atoms with Crippen LogP contribution in [0, 0.1) is 12.8 Å². The first-order chi connectivity index (χ1) is 9.19. The maximum absolute atomic E-state index is 5.88. The van der Waals surface area contributed by atoms with Gasteiger partial charge in [-0.3, -0.25) is 0 Å². The smallest absolute Gasteiger partial charge is 0.161 e. The second-order valence-corrected chi connectivity index (χ2v) is 5.70. The Labute approximate surface area is 116 Å². The lowest BCUT2D eigenvalue weighted by Gasteiger charge is -2.27. The predicted octanol–water partition coefficient (Wildman–Crippen LogP) is 1.70. The Morgan fingerprint density at radius 1 is 1.32 bits per heavy atom. The van der Waals surface area contributed by atoms with E-state index < -0.39 is 0 Å². The molecule has 1 fully saturated rings. The van der Waals surface area contributed by atoms with Gasteiger partial charge in [-0.05, 0) is 37.5 Å². The summed E-state index contributed by atoms with van der Waals surface area (Å²) in [5.41, 5.74) is 1.19. The lowest BCUT2D eigenvalue weighted by molar-refractivity contribution is -0.908. The van der Waals surface area contributed by atoms with Crippen LogP contribution in [0.5, 0.6) is 11.5 Å². The van der Waals surface area contributed by atoms with Crippen LogP contribution in [-0.4, -0.2) is 33.4 Å². The Kier molecular flexibility index (Phi) is 5.08. The molecule has 0 bridgehead atoms. The van der Waals surface area contributed by atoms with Crippen LogP contribution < -0.4 is 14.4 Å². The van der Waals surface area contributed by atoms with E-state index in [1.165, 1.54) is 31.5 Å². The summed E-state index contributed by atoms with van der Waals surface area (Å²) < 4.78 is 11.2. The highest BCUT2D eigenvalue weighted by atomic mass is 16.5. The summed E-state index contributed by atoms with van der Waals surface area (Å²) in [5, 5.41) is 0. The molecule has 1 unspecified atom stereocenters. The zero-order chi connectivity index (χ0) is 13.7. The van der Waals surface area contributed by atoms with Gasteiger partial charge in [-0.1, -0.05) is 13.0 Å². The standard InChI is InChI=1S/C16H25NO2/c1-13-6-7-15(16(11-13)18-3)19-10-9-17-8-4-5-14(2)12-17/h6-7,11,14H,4-5,8-10,12H2,1-3H3/p+1/t14-/m1/s1. The van der Waals surface area contributed by atoms with E-state index in [0.29, 0.717) is 0 Å². The molecule has 1 saturated heterocycles. The first-order valence-corrected chi connectivity index (χ1v) is 7.30. The molecule has 2 atom stereocenters. The van der Waals surface area contributed by atoms with Gasteiger partial charge in [0.1, 0.15) is 13.2 Å². The molecular formula is C16H26NO2+. The van der Waals surface area contributed by atoms with Gasteiger partial charge in [0.25, 0.3) is 0 Å². The fraction of sp³-hybridized carbons (Fsp3) is 0.625. The predicted molar refractivity (Wildman–Crippen MR) is 77.2 cm³/mol. The van der Waals surface area contributed by atoms with Crippen molar-refractivity contribution in [2.75, 3.05) is 33.4 Å². The van der Waals surface area contributed by atoms with E-state index in [4.69, 9.17) is 9.47 Å². The average molecular weight is 264 g/mol. The Morgan fingerprint density at radius 2 is 2.16 bits per heavy atom. The van der Waals surface area contributed by atoms with Gasteiger partial charge in [0.15, 0.2) is 11.5 Å². The monoisotopic (exact) mass is 264 g/mol. The number of hydrogen-bond donors (Lipinski definition) is 1.